The molecule has 0 saturated carbocycles. The summed E-state index contributed by atoms with van der Waals surface area (Å²) in [4.78, 5) is 0. The fourth-order valence-corrected chi connectivity index (χ4v) is 2.25. The Kier molecular flexibility index (Phi) is 4.42. The van der Waals surface area contributed by atoms with Gasteiger partial charge in [0.25, 0.3) is 0 Å². The van der Waals surface area contributed by atoms with E-state index < -0.39 is 0 Å². The van der Waals surface area contributed by atoms with Crippen molar-refractivity contribution in [3.05, 3.63) is 60.2 Å². The fraction of sp³-hybridized carbons (Fsp3) is 0.375. The summed E-state index contributed by atoms with van der Waals surface area (Å²) in [5.74, 6) is 0.695. The van der Waals surface area contributed by atoms with Crippen LogP contribution in [0.4, 0.5) is 0 Å². The van der Waals surface area contributed by atoms with Crippen molar-refractivity contribution in [2.75, 3.05) is 0 Å². The lowest BCUT2D eigenvalue weighted by Gasteiger charge is -2.15. The van der Waals surface area contributed by atoms with E-state index in [4.69, 9.17) is 0 Å². The van der Waals surface area contributed by atoms with E-state index in [9.17, 15) is 0 Å². The number of rotatable bonds is 1. The van der Waals surface area contributed by atoms with E-state index in [1.165, 1.54) is 37.7 Å². The van der Waals surface area contributed by atoms with Crippen LogP contribution in [0.3, 0.4) is 0 Å². The van der Waals surface area contributed by atoms with Crippen LogP contribution < -0.4 is 0 Å². The third kappa shape index (κ3) is 3.37. The molecule has 84 valence electrons. The van der Waals surface area contributed by atoms with Crippen molar-refractivity contribution in [2.24, 2.45) is 0 Å². The second kappa shape index (κ2) is 6.32. The van der Waals surface area contributed by atoms with Gasteiger partial charge in [0.15, 0.2) is 0 Å². The maximum atomic E-state index is 2.36. The van der Waals surface area contributed by atoms with Gasteiger partial charge in [-0.25, -0.2) is 0 Å². The third-order valence-corrected chi connectivity index (χ3v) is 3.21. The van der Waals surface area contributed by atoms with Gasteiger partial charge in [-0.1, -0.05) is 54.6 Å². The molecule has 0 aliphatic heterocycles. The number of benzene rings is 1. The molecule has 0 radical (unpaired) electrons. The van der Waals surface area contributed by atoms with Crippen LogP contribution in [-0.4, -0.2) is 0 Å². The number of hydrogen-bond donors (Lipinski definition) is 0. The zero-order chi connectivity index (χ0) is 11.1. The predicted molar refractivity (Wildman–Crippen MR) is 70.5 cm³/mol. The van der Waals surface area contributed by atoms with Crippen molar-refractivity contribution < 1.29 is 0 Å². The van der Waals surface area contributed by atoms with E-state index in [0.29, 0.717) is 5.92 Å². The van der Waals surface area contributed by atoms with Gasteiger partial charge >= 0.3 is 0 Å². The Morgan fingerprint density at radius 3 is 2.25 bits per heavy atom. The van der Waals surface area contributed by atoms with Crippen LogP contribution in [0.2, 0.25) is 0 Å². The summed E-state index contributed by atoms with van der Waals surface area (Å²) in [7, 11) is 0. The molecule has 1 atom stereocenters. The van der Waals surface area contributed by atoms with E-state index in [1.807, 2.05) is 0 Å². The van der Waals surface area contributed by atoms with Crippen LogP contribution in [0.5, 0.6) is 0 Å². The molecule has 0 saturated heterocycles. The van der Waals surface area contributed by atoms with Gasteiger partial charge in [0.1, 0.15) is 0 Å². The molecule has 1 aliphatic carbocycles. The largest absolute Gasteiger partial charge is 0.0885 e. The Balaban J connectivity index is 2.06. The van der Waals surface area contributed by atoms with E-state index in [1.54, 1.807) is 0 Å². The van der Waals surface area contributed by atoms with Gasteiger partial charge in [0.05, 0.1) is 0 Å². The van der Waals surface area contributed by atoms with Crippen LogP contribution in [0.25, 0.3) is 0 Å². The quantitative estimate of drug-likeness (QED) is 0.584. The Hall–Kier alpha value is -1.30. The summed E-state index contributed by atoms with van der Waals surface area (Å²) < 4.78 is 0. The van der Waals surface area contributed by atoms with Gasteiger partial charge in [-0.3, -0.25) is 0 Å². The van der Waals surface area contributed by atoms with E-state index in [2.05, 4.69) is 54.6 Å². The van der Waals surface area contributed by atoms with Crippen LogP contribution in [0.15, 0.2) is 54.6 Å². The Morgan fingerprint density at radius 2 is 1.44 bits per heavy atom. The lowest BCUT2D eigenvalue weighted by Crippen LogP contribution is -1.97. The Morgan fingerprint density at radius 1 is 0.750 bits per heavy atom. The second-order valence-corrected chi connectivity index (χ2v) is 4.44. The zero-order valence-electron chi connectivity index (χ0n) is 9.81. The summed E-state index contributed by atoms with van der Waals surface area (Å²) in [5, 5.41) is 0. The smallest absolute Gasteiger partial charge is 0.0124 e. The van der Waals surface area contributed by atoms with Gasteiger partial charge in [-0.05, 0) is 43.6 Å². The van der Waals surface area contributed by atoms with E-state index >= 15 is 0 Å². The average molecular weight is 212 g/mol. The molecule has 0 bridgehead atoms. The molecule has 1 aromatic carbocycles. The van der Waals surface area contributed by atoms with Crippen LogP contribution in [0, 0.1) is 0 Å². The average Bonchev–Trinajstić information content (AvgIpc) is 2.37. The highest BCUT2D eigenvalue weighted by Gasteiger charge is 2.08. The van der Waals surface area contributed by atoms with E-state index in [-0.39, 0.29) is 0 Å². The highest BCUT2D eigenvalue weighted by atomic mass is 14.1. The van der Waals surface area contributed by atoms with Crippen molar-refractivity contribution >= 4 is 0 Å². The first-order valence-corrected chi connectivity index (χ1v) is 6.32. The molecule has 1 unspecified atom stereocenters. The molecule has 0 amide bonds. The Labute approximate surface area is 98.7 Å². The fourth-order valence-electron chi connectivity index (χ4n) is 2.25. The molecule has 1 aromatic rings. The molecule has 0 heterocycles. The highest BCUT2D eigenvalue weighted by molar-refractivity contribution is 5.20. The monoisotopic (exact) mass is 212 g/mol. The van der Waals surface area contributed by atoms with Crippen molar-refractivity contribution in [3.8, 4) is 0 Å². The van der Waals surface area contributed by atoms with Gasteiger partial charge < -0.3 is 0 Å². The maximum Gasteiger partial charge on any atom is -0.0124 e. The maximum absolute atomic E-state index is 2.36. The predicted octanol–water partition coefficient (Wildman–Crippen LogP) is 4.85. The molecule has 0 nitrogen and oxygen atoms in total. The van der Waals surface area contributed by atoms with Crippen molar-refractivity contribution in [1.29, 1.82) is 0 Å². The summed E-state index contributed by atoms with van der Waals surface area (Å²) >= 11 is 0. The second-order valence-electron chi connectivity index (χ2n) is 4.44. The standard InChI is InChI=1S/C16H20/c1-2-4-7-11-15(12-8-5-3-1)16-13-9-6-10-14-16/h2,4-6,8-10,13-15H,1,3,7,11-12H2/b4-2-,8-5-. The number of allylic oxidation sites excluding steroid dienone is 4. The third-order valence-electron chi connectivity index (χ3n) is 3.21. The summed E-state index contributed by atoms with van der Waals surface area (Å²) in [5.41, 5.74) is 1.49. The highest BCUT2D eigenvalue weighted by Crippen LogP contribution is 2.26. The van der Waals surface area contributed by atoms with Crippen LogP contribution in [0.1, 0.15) is 43.6 Å². The van der Waals surface area contributed by atoms with Gasteiger partial charge in [-0.2, -0.15) is 0 Å². The lowest BCUT2D eigenvalue weighted by atomic mass is 9.90. The summed E-state index contributed by atoms with van der Waals surface area (Å²) in [6, 6.07) is 10.9. The molecular weight excluding hydrogens is 192 g/mol. The minimum absolute atomic E-state index is 0.695. The summed E-state index contributed by atoms with van der Waals surface area (Å²) in [6.07, 6.45) is 15.4. The molecule has 0 heteroatoms. The number of hydrogen-bond acceptors (Lipinski definition) is 0. The molecule has 0 aromatic heterocycles. The molecule has 1 aliphatic rings. The molecule has 0 N–H and O–H groups in total. The molecule has 2 rings (SSSR count). The molecule has 16 heavy (non-hydrogen) atoms. The molecule has 0 spiro atoms. The van der Waals surface area contributed by atoms with Crippen LogP contribution in [-0.2, 0) is 0 Å². The first kappa shape index (κ1) is 11.2. The van der Waals surface area contributed by atoms with E-state index in [0.717, 1.165) is 0 Å². The summed E-state index contributed by atoms with van der Waals surface area (Å²) in [6.45, 7) is 0. The van der Waals surface area contributed by atoms with Crippen molar-refractivity contribution in [2.45, 2.75) is 38.0 Å². The normalized spacial score (nSPS) is 25.9. The minimum Gasteiger partial charge on any atom is -0.0885 e. The topological polar surface area (TPSA) is 0 Å². The zero-order valence-corrected chi connectivity index (χ0v) is 9.81. The Bertz CT molecular complexity index is 346. The van der Waals surface area contributed by atoms with Gasteiger partial charge in [-0.15, -0.1) is 0 Å². The molecular formula is C16H20. The SMILES string of the molecule is C1=C\CCC(c2ccccc2)C/C=C\CC/1. The molecule has 0 fully saturated rings. The minimum atomic E-state index is 0.695. The van der Waals surface area contributed by atoms with Crippen molar-refractivity contribution in [1.82, 2.24) is 0 Å². The lowest BCUT2D eigenvalue weighted by molar-refractivity contribution is 0.637. The first-order valence-electron chi connectivity index (χ1n) is 6.32. The van der Waals surface area contributed by atoms with Gasteiger partial charge in [0, 0.05) is 0 Å². The first-order chi connectivity index (χ1) is 7.97. The van der Waals surface area contributed by atoms with Gasteiger partial charge in [0.2, 0.25) is 0 Å². The van der Waals surface area contributed by atoms with Crippen LogP contribution >= 0.6 is 0 Å². The van der Waals surface area contributed by atoms with Crippen molar-refractivity contribution in [3.63, 3.8) is 0 Å².